The van der Waals surface area contributed by atoms with Gasteiger partial charge in [0.1, 0.15) is 0 Å². The lowest BCUT2D eigenvalue weighted by Crippen LogP contribution is -2.32. The Kier molecular flexibility index (Phi) is 2.80. The Labute approximate surface area is 118 Å². The summed E-state index contributed by atoms with van der Waals surface area (Å²) < 4.78 is 2.14. The minimum Gasteiger partial charge on any atom is -0.330 e. The third-order valence-corrected chi connectivity index (χ3v) is 4.49. The standard InChI is InChI=1S/C15H19N5/c16-8-10-6-12(7-10)20-9-13(14-2-1-5-17-18-14)15(19-20)11-3-4-11/h1-2,5,9-12H,3-4,6-8,16H2. The van der Waals surface area contributed by atoms with Crippen LogP contribution in [0.1, 0.15) is 43.3 Å². The monoisotopic (exact) mass is 269 g/mol. The van der Waals surface area contributed by atoms with Crippen LogP contribution in [0.4, 0.5) is 0 Å². The van der Waals surface area contributed by atoms with Crippen LogP contribution in [0.15, 0.2) is 24.5 Å². The van der Waals surface area contributed by atoms with Crippen LogP contribution >= 0.6 is 0 Å². The molecule has 0 spiro atoms. The Morgan fingerprint density at radius 1 is 1.30 bits per heavy atom. The van der Waals surface area contributed by atoms with E-state index in [-0.39, 0.29) is 0 Å². The van der Waals surface area contributed by atoms with Gasteiger partial charge in [0.2, 0.25) is 0 Å². The van der Waals surface area contributed by atoms with Crippen LogP contribution in [0, 0.1) is 5.92 Å². The van der Waals surface area contributed by atoms with E-state index in [0.717, 1.165) is 30.6 Å². The fraction of sp³-hybridized carbons (Fsp3) is 0.533. The number of hydrogen-bond acceptors (Lipinski definition) is 4. The highest BCUT2D eigenvalue weighted by Gasteiger charge is 2.34. The molecule has 2 heterocycles. The lowest BCUT2D eigenvalue weighted by molar-refractivity contribution is 0.189. The van der Waals surface area contributed by atoms with Crippen molar-refractivity contribution in [1.29, 1.82) is 0 Å². The fourth-order valence-electron chi connectivity index (χ4n) is 3.00. The smallest absolute Gasteiger partial charge is 0.0964 e. The molecule has 0 bridgehead atoms. The van der Waals surface area contributed by atoms with Crippen LogP contribution in [-0.4, -0.2) is 26.5 Å². The van der Waals surface area contributed by atoms with Gasteiger partial charge in [0.05, 0.1) is 17.4 Å². The van der Waals surface area contributed by atoms with Crippen molar-refractivity contribution < 1.29 is 0 Å². The molecule has 4 rings (SSSR count). The van der Waals surface area contributed by atoms with Crippen LogP contribution in [-0.2, 0) is 0 Å². The van der Waals surface area contributed by atoms with Gasteiger partial charge in [-0.3, -0.25) is 4.68 Å². The van der Waals surface area contributed by atoms with Gasteiger partial charge in [-0.2, -0.15) is 15.3 Å². The molecule has 2 aliphatic carbocycles. The van der Waals surface area contributed by atoms with Crippen molar-refractivity contribution in [3.8, 4) is 11.3 Å². The van der Waals surface area contributed by atoms with Gasteiger partial charge in [0.15, 0.2) is 0 Å². The maximum absolute atomic E-state index is 5.71. The van der Waals surface area contributed by atoms with Crippen LogP contribution in [0.5, 0.6) is 0 Å². The van der Waals surface area contributed by atoms with Gasteiger partial charge in [-0.1, -0.05) is 0 Å². The molecule has 5 heteroatoms. The lowest BCUT2D eigenvalue weighted by atomic mass is 9.80. The summed E-state index contributed by atoms with van der Waals surface area (Å²) in [4.78, 5) is 0. The molecule has 0 amide bonds. The second kappa shape index (κ2) is 4.66. The molecule has 0 saturated heterocycles. The van der Waals surface area contributed by atoms with Crippen LogP contribution in [0.25, 0.3) is 11.3 Å². The number of hydrogen-bond donors (Lipinski definition) is 1. The Morgan fingerprint density at radius 2 is 2.15 bits per heavy atom. The third-order valence-electron chi connectivity index (χ3n) is 4.49. The molecule has 2 aliphatic rings. The second-order valence-electron chi connectivity index (χ2n) is 6.02. The molecule has 104 valence electrons. The Hall–Kier alpha value is -1.75. The molecule has 0 aliphatic heterocycles. The normalized spacial score (nSPS) is 25.4. The molecule has 0 atom stereocenters. The van der Waals surface area contributed by atoms with Crippen LogP contribution < -0.4 is 5.73 Å². The van der Waals surface area contributed by atoms with Gasteiger partial charge in [-0.15, -0.1) is 0 Å². The summed E-state index contributed by atoms with van der Waals surface area (Å²) in [6.45, 7) is 0.796. The van der Waals surface area contributed by atoms with Crippen molar-refractivity contribution in [2.75, 3.05) is 6.54 Å². The average Bonchev–Trinajstić information content (AvgIpc) is 3.19. The van der Waals surface area contributed by atoms with Gasteiger partial charge >= 0.3 is 0 Å². The molecule has 0 unspecified atom stereocenters. The van der Waals surface area contributed by atoms with Crippen LogP contribution in [0.2, 0.25) is 0 Å². The molecule has 5 nitrogen and oxygen atoms in total. The summed E-state index contributed by atoms with van der Waals surface area (Å²) in [5, 5.41) is 13.1. The number of rotatable bonds is 4. The highest BCUT2D eigenvalue weighted by Crippen LogP contribution is 2.45. The van der Waals surface area contributed by atoms with Crippen molar-refractivity contribution in [3.05, 3.63) is 30.2 Å². The molecule has 2 saturated carbocycles. The van der Waals surface area contributed by atoms with Crippen molar-refractivity contribution in [1.82, 2.24) is 20.0 Å². The number of aromatic nitrogens is 4. The Bertz CT molecular complexity index is 596. The van der Waals surface area contributed by atoms with E-state index in [9.17, 15) is 0 Å². The summed E-state index contributed by atoms with van der Waals surface area (Å²) in [7, 11) is 0. The molecule has 20 heavy (non-hydrogen) atoms. The van der Waals surface area contributed by atoms with Crippen molar-refractivity contribution in [3.63, 3.8) is 0 Å². The molecular formula is C15H19N5. The third kappa shape index (κ3) is 2.02. The quantitative estimate of drug-likeness (QED) is 0.923. The van der Waals surface area contributed by atoms with Gasteiger partial charge in [0, 0.05) is 23.9 Å². The summed E-state index contributed by atoms with van der Waals surface area (Å²) in [5.74, 6) is 1.30. The van der Waals surface area contributed by atoms with E-state index in [0.29, 0.717) is 17.9 Å². The van der Waals surface area contributed by atoms with Gasteiger partial charge < -0.3 is 5.73 Å². The van der Waals surface area contributed by atoms with Crippen molar-refractivity contribution in [2.45, 2.75) is 37.6 Å². The first-order valence-electron chi connectivity index (χ1n) is 7.42. The first kappa shape index (κ1) is 12.0. The van der Waals surface area contributed by atoms with E-state index in [4.69, 9.17) is 10.8 Å². The van der Waals surface area contributed by atoms with Gasteiger partial charge in [-0.25, -0.2) is 0 Å². The summed E-state index contributed by atoms with van der Waals surface area (Å²) >= 11 is 0. The van der Waals surface area contributed by atoms with Crippen molar-refractivity contribution >= 4 is 0 Å². The molecule has 0 radical (unpaired) electrons. The SMILES string of the molecule is NCC1CC(n2cc(-c3cccnn3)c(C3CC3)n2)C1. The zero-order valence-corrected chi connectivity index (χ0v) is 11.4. The topological polar surface area (TPSA) is 69.6 Å². The van der Waals surface area contributed by atoms with E-state index in [2.05, 4.69) is 21.1 Å². The predicted molar refractivity (Wildman–Crippen MR) is 76.0 cm³/mol. The van der Waals surface area contributed by atoms with E-state index in [1.165, 1.54) is 18.5 Å². The molecule has 2 N–H and O–H groups in total. The maximum Gasteiger partial charge on any atom is 0.0964 e. The maximum atomic E-state index is 5.71. The van der Waals surface area contributed by atoms with E-state index < -0.39 is 0 Å². The predicted octanol–water partition coefficient (Wildman–Crippen LogP) is 2.13. The number of nitrogens with two attached hydrogens (primary N) is 1. The summed E-state index contributed by atoms with van der Waals surface area (Å²) in [6, 6.07) is 4.47. The van der Waals surface area contributed by atoms with E-state index >= 15 is 0 Å². The minimum atomic E-state index is 0.520. The van der Waals surface area contributed by atoms with Gasteiger partial charge in [-0.05, 0) is 50.3 Å². The molecule has 2 aromatic heterocycles. The highest BCUT2D eigenvalue weighted by atomic mass is 15.3. The average molecular weight is 269 g/mol. The molecule has 2 aromatic rings. The Balaban J connectivity index is 1.66. The zero-order valence-electron chi connectivity index (χ0n) is 11.4. The van der Waals surface area contributed by atoms with Crippen molar-refractivity contribution in [2.24, 2.45) is 11.7 Å². The van der Waals surface area contributed by atoms with Gasteiger partial charge in [0.25, 0.3) is 0 Å². The highest BCUT2D eigenvalue weighted by molar-refractivity contribution is 5.62. The Morgan fingerprint density at radius 3 is 2.80 bits per heavy atom. The lowest BCUT2D eigenvalue weighted by Gasteiger charge is -2.34. The molecule has 2 fully saturated rings. The molecule has 0 aromatic carbocycles. The van der Waals surface area contributed by atoms with Crippen LogP contribution in [0.3, 0.4) is 0 Å². The first-order chi connectivity index (χ1) is 9.85. The van der Waals surface area contributed by atoms with E-state index in [1.54, 1.807) is 6.20 Å². The summed E-state index contributed by atoms with van der Waals surface area (Å²) in [5.41, 5.74) is 9.02. The number of nitrogens with zero attached hydrogens (tertiary/aromatic N) is 4. The largest absolute Gasteiger partial charge is 0.330 e. The van der Waals surface area contributed by atoms with E-state index in [1.807, 2.05) is 12.1 Å². The second-order valence-corrected chi connectivity index (χ2v) is 6.02. The fourth-order valence-corrected chi connectivity index (χ4v) is 3.00. The minimum absolute atomic E-state index is 0.520. The zero-order chi connectivity index (χ0) is 13.5. The molecular weight excluding hydrogens is 250 g/mol. The summed E-state index contributed by atoms with van der Waals surface area (Å²) in [6.07, 6.45) is 8.68. The first-order valence-corrected chi connectivity index (χ1v) is 7.42.